The molecule has 0 saturated carbocycles. The lowest BCUT2D eigenvalue weighted by Gasteiger charge is -2.26. The molecule has 0 bridgehead atoms. The number of hydrogen-bond acceptors (Lipinski definition) is 3. The summed E-state index contributed by atoms with van der Waals surface area (Å²) in [6.45, 7) is 12.4. The molecular formula is C15H27NO4. The standard InChI is InChI=1S/C15H27NO4/c1-14(2,3)7-10-8-16(9-11(10)12(17)18)13(19)20-15(4,5)6/h10-11H,7-9H2,1-6H3,(H,17,18)/t10-,11-/m0/s1. The van der Waals surface area contributed by atoms with Crippen molar-refractivity contribution < 1.29 is 19.4 Å². The number of amides is 1. The van der Waals surface area contributed by atoms with E-state index in [1.165, 1.54) is 4.90 Å². The summed E-state index contributed by atoms with van der Waals surface area (Å²) < 4.78 is 5.32. The predicted octanol–water partition coefficient (Wildman–Crippen LogP) is 2.99. The molecule has 1 aliphatic heterocycles. The lowest BCUT2D eigenvalue weighted by Crippen LogP contribution is -2.36. The van der Waals surface area contributed by atoms with Gasteiger partial charge in [-0.25, -0.2) is 4.79 Å². The van der Waals surface area contributed by atoms with E-state index in [1.807, 2.05) is 20.8 Å². The van der Waals surface area contributed by atoms with Crippen molar-refractivity contribution in [3.05, 3.63) is 0 Å². The Balaban J connectivity index is 2.75. The zero-order valence-electron chi connectivity index (χ0n) is 13.4. The first-order valence-corrected chi connectivity index (χ1v) is 7.10. The molecular weight excluding hydrogens is 258 g/mol. The lowest BCUT2D eigenvalue weighted by molar-refractivity contribution is -0.142. The van der Waals surface area contributed by atoms with E-state index in [-0.39, 0.29) is 17.9 Å². The maximum Gasteiger partial charge on any atom is 0.410 e. The highest BCUT2D eigenvalue weighted by atomic mass is 16.6. The highest BCUT2D eigenvalue weighted by Crippen LogP contribution is 2.34. The Kier molecular flexibility index (Phi) is 4.72. The number of hydrogen-bond donors (Lipinski definition) is 1. The Bertz CT molecular complexity index is 378. The molecule has 1 N–H and O–H groups in total. The molecule has 1 amide bonds. The van der Waals surface area contributed by atoms with Crippen LogP contribution in [0.2, 0.25) is 0 Å². The second-order valence-corrected chi connectivity index (χ2v) is 7.85. The fourth-order valence-corrected chi connectivity index (χ4v) is 2.62. The van der Waals surface area contributed by atoms with Crippen LogP contribution in [0.3, 0.4) is 0 Å². The summed E-state index contributed by atoms with van der Waals surface area (Å²) in [7, 11) is 0. The van der Waals surface area contributed by atoms with Crippen LogP contribution in [0.1, 0.15) is 48.0 Å². The Hall–Kier alpha value is -1.26. The van der Waals surface area contributed by atoms with Crippen LogP contribution < -0.4 is 0 Å². The van der Waals surface area contributed by atoms with E-state index in [4.69, 9.17) is 4.74 Å². The van der Waals surface area contributed by atoms with Crippen LogP contribution in [0, 0.1) is 17.3 Å². The van der Waals surface area contributed by atoms with Crippen LogP contribution in [0.4, 0.5) is 4.79 Å². The van der Waals surface area contributed by atoms with Gasteiger partial charge in [0.2, 0.25) is 0 Å². The molecule has 0 aromatic rings. The summed E-state index contributed by atoms with van der Waals surface area (Å²) in [6.07, 6.45) is 0.364. The van der Waals surface area contributed by atoms with Crippen molar-refractivity contribution in [1.29, 1.82) is 0 Å². The van der Waals surface area contributed by atoms with Gasteiger partial charge in [0, 0.05) is 13.1 Å². The van der Waals surface area contributed by atoms with Crippen LogP contribution in [0.15, 0.2) is 0 Å². The quantitative estimate of drug-likeness (QED) is 0.847. The number of carboxylic acids is 1. The van der Waals surface area contributed by atoms with Gasteiger partial charge in [0.25, 0.3) is 0 Å². The van der Waals surface area contributed by atoms with Gasteiger partial charge in [-0.2, -0.15) is 0 Å². The summed E-state index contributed by atoms with van der Waals surface area (Å²) in [5.41, 5.74) is -0.514. The molecule has 2 atom stereocenters. The smallest absolute Gasteiger partial charge is 0.410 e. The molecule has 1 aliphatic rings. The summed E-state index contributed by atoms with van der Waals surface area (Å²) >= 11 is 0. The molecule has 1 rings (SSSR count). The maximum absolute atomic E-state index is 12.1. The van der Waals surface area contributed by atoms with Crippen molar-refractivity contribution in [2.45, 2.75) is 53.6 Å². The molecule has 20 heavy (non-hydrogen) atoms. The maximum atomic E-state index is 12.1. The first-order chi connectivity index (χ1) is 8.89. The molecule has 0 unspecified atom stereocenters. The van der Waals surface area contributed by atoms with Gasteiger partial charge in [-0.3, -0.25) is 4.79 Å². The van der Waals surface area contributed by atoms with Crippen LogP contribution in [0.5, 0.6) is 0 Å². The Morgan fingerprint density at radius 1 is 1.15 bits per heavy atom. The van der Waals surface area contributed by atoms with Gasteiger partial charge in [-0.05, 0) is 38.5 Å². The van der Waals surface area contributed by atoms with Crippen molar-refractivity contribution in [3.8, 4) is 0 Å². The van der Waals surface area contributed by atoms with Gasteiger partial charge >= 0.3 is 12.1 Å². The molecule has 0 aromatic heterocycles. The van der Waals surface area contributed by atoms with Crippen molar-refractivity contribution in [2.75, 3.05) is 13.1 Å². The minimum atomic E-state index is -0.828. The Labute approximate surface area is 121 Å². The molecule has 1 heterocycles. The van der Waals surface area contributed by atoms with Crippen LogP contribution in [0.25, 0.3) is 0 Å². The molecule has 1 fully saturated rings. The van der Waals surface area contributed by atoms with E-state index in [0.29, 0.717) is 6.54 Å². The second-order valence-electron chi connectivity index (χ2n) is 7.85. The van der Waals surface area contributed by atoms with Crippen molar-refractivity contribution in [2.24, 2.45) is 17.3 Å². The molecule has 0 aromatic carbocycles. The first-order valence-electron chi connectivity index (χ1n) is 7.10. The summed E-state index contributed by atoms with van der Waals surface area (Å²) in [5.74, 6) is -1.34. The van der Waals surface area contributed by atoms with E-state index in [9.17, 15) is 14.7 Å². The summed E-state index contributed by atoms with van der Waals surface area (Å²) in [4.78, 5) is 25.0. The third kappa shape index (κ3) is 5.02. The van der Waals surface area contributed by atoms with Crippen LogP contribution in [-0.2, 0) is 9.53 Å². The molecule has 0 radical (unpaired) electrons. The number of ether oxygens (including phenoxy) is 1. The van der Waals surface area contributed by atoms with Gasteiger partial charge in [-0.15, -0.1) is 0 Å². The van der Waals surface area contributed by atoms with E-state index >= 15 is 0 Å². The number of carbonyl (C=O) groups excluding carboxylic acids is 1. The summed E-state index contributed by atoms with van der Waals surface area (Å²) in [6, 6.07) is 0. The average molecular weight is 285 g/mol. The van der Waals surface area contributed by atoms with E-state index in [0.717, 1.165) is 6.42 Å². The van der Waals surface area contributed by atoms with Crippen molar-refractivity contribution >= 4 is 12.1 Å². The van der Waals surface area contributed by atoms with E-state index < -0.39 is 23.6 Å². The van der Waals surface area contributed by atoms with Gasteiger partial charge in [-0.1, -0.05) is 20.8 Å². The van der Waals surface area contributed by atoms with Gasteiger partial charge in [0.15, 0.2) is 0 Å². The highest BCUT2D eigenvalue weighted by molar-refractivity contribution is 5.74. The number of aliphatic carboxylic acids is 1. The van der Waals surface area contributed by atoms with Crippen molar-refractivity contribution in [3.63, 3.8) is 0 Å². The van der Waals surface area contributed by atoms with Crippen LogP contribution >= 0.6 is 0 Å². The van der Waals surface area contributed by atoms with Crippen LogP contribution in [-0.4, -0.2) is 40.8 Å². The van der Waals surface area contributed by atoms with Gasteiger partial charge in [0.05, 0.1) is 5.92 Å². The zero-order chi connectivity index (χ0) is 15.7. The first kappa shape index (κ1) is 16.8. The average Bonchev–Trinajstić information content (AvgIpc) is 2.56. The van der Waals surface area contributed by atoms with Gasteiger partial charge in [0.1, 0.15) is 5.60 Å². The van der Waals surface area contributed by atoms with Gasteiger partial charge < -0.3 is 14.7 Å². The number of likely N-dealkylation sites (tertiary alicyclic amines) is 1. The molecule has 0 spiro atoms. The monoisotopic (exact) mass is 285 g/mol. The highest BCUT2D eigenvalue weighted by Gasteiger charge is 2.42. The normalized spacial score (nSPS) is 23.8. The largest absolute Gasteiger partial charge is 0.481 e. The third-order valence-corrected chi connectivity index (χ3v) is 3.28. The number of nitrogens with zero attached hydrogens (tertiary/aromatic N) is 1. The topological polar surface area (TPSA) is 66.8 Å². The molecule has 0 aliphatic carbocycles. The Morgan fingerprint density at radius 3 is 2.10 bits per heavy atom. The molecule has 116 valence electrons. The van der Waals surface area contributed by atoms with E-state index in [2.05, 4.69) is 20.8 Å². The predicted molar refractivity (Wildman–Crippen MR) is 76.5 cm³/mol. The number of carboxylic acid groups (broad SMARTS) is 1. The molecule has 1 saturated heterocycles. The van der Waals surface area contributed by atoms with Crippen molar-refractivity contribution in [1.82, 2.24) is 4.90 Å². The Morgan fingerprint density at radius 2 is 1.70 bits per heavy atom. The lowest BCUT2D eigenvalue weighted by atomic mass is 9.80. The third-order valence-electron chi connectivity index (χ3n) is 3.28. The second kappa shape index (κ2) is 5.62. The minimum absolute atomic E-state index is 0.0139. The minimum Gasteiger partial charge on any atom is -0.481 e. The fraction of sp³-hybridized carbons (Fsp3) is 0.867. The summed E-state index contributed by atoms with van der Waals surface area (Å²) in [5, 5.41) is 9.33. The fourth-order valence-electron chi connectivity index (χ4n) is 2.62. The number of carbonyl (C=O) groups is 2. The SMILES string of the molecule is CC(C)(C)C[C@H]1CN(C(=O)OC(C)(C)C)C[C@@H]1C(=O)O. The molecule has 5 heteroatoms. The number of rotatable bonds is 2. The van der Waals surface area contributed by atoms with E-state index in [1.54, 1.807) is 0 Å². The molecule has 5 nitrogen and oxygen atoms in total. The zero-order valence-corrected chi connectivity index (χ0v) is 13.4.